The highest BCUT2D eigenvalue weighted by Crippen LogP contribution is 2.38. The van der Waals surface area contributed by atoms with Gasteiger partial charge in [-0.05, 0) is 73.9 Å². The van der Waals surface area contributed by atoms with E-state index in [1.54, 1.807) is 25.1 Å². The van der Waals surface area contributed by atoms with Crippen molar-refractivity contribution in [1.29, 1.82) is 0 Å². The number of hydrogen-bond acceptors (Lipinski definition) is 5. The fourth-order valence-electron chi connectivity index (χ4n) is 4.17. The number of rotatable bonds is 9. The SMILES string of the molecule is CCOC(=O)c1c(-c2ccc3c(c2)CCCC3)csc1NC(=O)CCCOc1ccc(Cl)cc1Cl. The summed E-state index contributed by atoms with van der Waals surface area (Å²) >= 11 is 13.3. The van der Waals surface area contributed by atoms with E-state index in [-0.39, 0.29) is 18.9 Å². The third-order valence-corrected chi connectivity index (χ3v) is 7.31. The van der Waals surface area contributed by atoms with Gasteiger partial charge in [-0.2, -0.15) is 0 Å². The van der Waals surface area contributed by atoms with Crippen LogP contribution in [0.2, 0.25) is 10.0 Å². The lowest BCUT2D eigenvalue weighted by Gasteiger charge is -2.17. The molecule has 0 saturated heterocycles. The monoisotopic (exact) mass is 531 g/mol. The van der Waals surface area contributed by atoms with Gasteiger partial charge in [0.15, 0.2) is 0 Å². The van der Waals surface area contributed by atoms with Crippen LogP contribution in [0.4, 0.5) is 5.00 Å². The number of benzene rings is 2. The molecule has 1 heterocycles. The molecule has 0 aliphatic heterocycles. The second-order valence-corrected chi connectivity index (χ2v) is 10.1. The number of carbonyl (C=O) groups excluding carboxylic acids is 2. The Morgan fingerprint density at radius 2 is 1.86 bits per heavy atom. The molecule has 0 spiro atoms. The van der Waals surface area contributed by atoms with Crippen molar-refractivity contribution in [3.05, 3.63) is 68.5 Å². The number of anilines is 1. The average molecular weight is 532 g/mol. The maximum atomic E-state index is 12.9. The van der Waals surface area contributed by atoms with Gasteiger partial charge in [0, 0.05) is 22.4 Å². The first-order chi connectivity index (χ1) is 17.0. The number of hydrogen-bond donors (Lipinski definition) is 1. The van der Waals surface area contributed by atoms with Crippen LogP contribution in [0.1, 0.15) is 54.1 Å². The number of carbonyl (C=O) groups is 2. The minimum atomic E-state index is -0.433. The lowest BCUT2D eigenvalue weighted by Crippen LogP contribution is -2.15. The molecule has 0 bridgehead atoms. The third kappa shape index (κ3) is 6.37. The van der Waals surface area contributed by atoms with E-state index in [9.17, 15) is 9.59 Å². The fourth-order valence-corrected chi connectivity index (χ4v) is 5.60. The van der Waals surface area contributed by atoms with Crippen molar-refractivity contribution in [3.63, 3.8) is 0 Å². The summed E-state index contributed by atoms with van der Waals surface area (Å²) in [6.07, 6.45) is 5.27. The summed E-state index contributed by atoms with van der Waals surface area (Å²) < 4.78 is 11.0. The maximum absolute atomic E-state index is 12.9. The molecule has 1 amide bonds. The van der Waals surface area contributed by atoms with Gasteiger partial charge in [0.1, 0.15) is 16.3 Å². The van der Waals surface area contributed by atoms with Crippen molar-refractivity contribution in [2.45, 2.75) is 45.4 Å². The number of thiophene rings is 1. The van der Waals surface area contributed by atoms with E-state index in [2.05, 4.69) is 23.5 Å². The largest absolute Gasteiger partial charge is 0.492 e. The Morgan fingerprint density at radius 1 is 1.06 bits per heavy atom. The molecule has 0 radical (unpaired) electrons. The van der Waals surface area contributed by atoms with Crippen molar-refractivity contribution < 1.29 is 19.1 Å². The van der Waals surface area contributed by atoms with Crippen molar-refractivity contribution in [1.82, 2.24) is 0 Å². The zero-order valence-electron chi connectivity index (χ0n) is 19.5. The number of aryl methyl sites for hydroxylation is 2. The highest BCUT2D eigenvalue weighted by molar-refractivity contribution is 7.15. The molecule has 2 aromatic carbocycles. The Kier molecular flexibility index (Phi) is 8.71. The molecule has 0 saturated carbocycles. The van der Waals surface area contributed by atoms with E-state index in [0.29, 0.717) is 39.4 Å². The smallest absolute Gasteiger partial charge is 0.341 e. The van der Waals surface area contributed by atoms with Gasteiger partial charge in [0.25, 0.3) is 0 Å². The van der Waals surface area contributed by atoms with Gasteiger partial charge in [-0.1, -0.05) is 41.4 Å². The topological polar surface area (TPSA) is 64.6 Å². The average Bonchev–Trinajstić information content (AvgIpc) is 3.26. The summed E-state index contributed by atoms with van der Waals surface area (Å²) in [6.45, 7) is 2.36. The first-order valence-corrected chi connectivity index (χ1v) is 13.4. The molecule has 5 nitrogen and oxygen atoms in total. The van der Waals surface area contributed by atoms with E-state index in [1.165, 1.54) is 35.3 Å². The fraction of sp³-hybridized carbons (Fsp3) is 0.333. The summed E-state index contributed by atoms with van der Waals surface area (Å²) in [5, 5.41) is 6.27. The number of ether oxygens (including phenoxy) is 2. The van der Waals surface area contributed by atoms with Crippen LogP contribution in [0.15, 0.2) is 41.8 Å². The van der Waals surface area contributed by atoms with Gasteiger partial charge in [-0.25, -0.2) is 4.79 Å². The summed E-state index contributed by atoms with van der Waals surface area (Å²) in [4.78, 5) is 25.5. The van der Waals surface area contributed by atoms with Crippen LogP contribution in [-0.4, -0.2) is 25.1 Å². The Labute approximate surface area is 219 Å². The first kappa shape index (κ1) is 25.5. The van der Waals surface area contributed by atoms with Gasteiger partial charge in [0.05, 0.1) is 18.2 Å². The van der Waals surface area contributed by atoms with E-state index in [1.807, 2.05) is 5.38 Å². The molecule has 1 aromatic heterocycles. The minimum Gasteiger partial charge on any atom is -0.492 e. The predicted octanol–water partition coefficient (Wildman–Crippen LogP) is 7.58. The Bertz CT molecular complexity index is 1220. The minimum absolute atomic E-state index is 0.194. The summed E-state index contributed by atoms with van der Waals surface area (Å²) in [5.74, 6) is -0.105. The highest BCUT2D eigenvalue weighted by atomic mass is 35.5. The summed E-state index contributed by atoms with van der Waals surface area (Å²) in [5.41, 5.74) is 4.88. The molecule has 1 aliphatic carbocycles. The van der Waals surface area contributed by atoms with Crippen LogP contribution in [0, 0.1) is 0 Å². The second kappa shape index (κ2) is 11.9. The maximum Gasteiger partial charge on any atom is 0.341 e. The number of amides is 1. The molecular weight excluding hydrogens is 505 g/mol. The van der Waals surface area contributed by atoms with Gasteiger partial charge in [-0.15, -0.1) is 11.3 Å². The molecule has 1 aliphatic rings. The molecule has 184 valence electrons. The standard InChI is InChI=1S/C27H27Cl2NO4S/c1-2-33-27(32)25-21(19-10-9-17-6-3-4-7-18(17)14-19)16-35-26(25)30-24(31)8-5-13-34-23-12-11-20(28)15-22(23)29/h9-12,14-16H,2-8,13H2,1H3,(H,30,31). The Balaban J connectivity index is 1.43. The number of esters is 1. The molecule has 0 atom stereocenters. The van der Waals surface area contributed by atoms with Crippen LogP contribution < -0.4 is 10.1 Å². The van der Waals surface area contributed by atoms with Crippen molar-refractivity contribution in [3.8, 4) is 16.9 Å². The predicted molar refractivity (Wildman–Crippen MR) is 142 cm³/mol. The molecule has 0 fully saturated rings. The number of halogens is 2. The summed E-state index contributed by atoms with van der Waals surface area (Å²) in [7, 11) is 0. The van der Waals surface area contributed by atoms with Crippen LogP contribution in [0.3, 0.4) is 0 Å². The molecule has 8 heteroatoms. The third-order valence-electron chi connectivity index (χ3n) is 5.88. The molecule has 1 N–H and O–H groups in total. The van der Waals surface area contributed by atoms with Crippen molar-refractivity contribution >= 4 is 51.4 Å². The van der Waals surface area contributed by atoms with E-state index >= 15 is 0 Å². The second-order valence-electron chi connectivity index (χ2n) is 8.34. The molecule has 3 aromatic rings. The molecule has 35 heavy (non-hydrogen) atoms. The first-order valence-electron chi connectivity index (χ1n) is 11.7. The lowest BCUT2D eigenvalue weighted by atomic mass is 9.89. The zero-order valence-corrected chi connectivity index (χ0v) is 21.8. The van der Waals surface area contributed by atoms with Crippen LogP contribution in [0.25, 0.3) is 11.1 Å². The quantitative estimate of drug-likeness (QED) is 0.228. The molecule has 4 rings (SSSR count). The number of fused-ring (bicyclic) bond motifs is 1. The van der Waals surface area contributed by atoms with Gasteiger partial charge in [-0.3, -0.25) is 4.79 Å². The van der Waals surface area contributed by atoms with Gasteiger partial charge in [0.2, 0.25) is 5.91 Å². The normalized spacial score (nSPS) is 12.7. The van der Waals surface area contributed by atoms with Crippen LogP contribution in [0.5, 0.6) is 5.75 Å². The Hall–Kier alpha value is -2.54. The zero-order chi connectivity index (χ0) is 24.8. The van der Waals surface area contributed by atoms with E-state index in [0.717, 1.165) is 24.0 Å². The van der Waals surface area contributed by atoms with Crippen LogP contribution >= 0.6 is 34.5 Å². The highest BCUT2D eigenvalue weighted by Gasteiger charge is 2.23. The van der Waals surface area contributed by atoms with Crippen LogP contribution in [-0.2, 0) is 22.4 Å². The van der Waals surface area contributed by atoms with Gasteiger partial charge >= 0.3 is 5.97 Å². The lowest BCUT2D eigenvalue weighted by molar-refractivity contribution is -0.116. The van der Waals surface area contributed by atoms with Crippen molar-refractivity contribution in [2.75, 3.05) is 18.5 Å². The summed E-state index contributed by atoms with van der Waals surface area (Å²) in [6, 6.07) is 11.4. The van der Waals surface area contributed by atoms with Gasteiger partial charge < -0.3 is 14.8 Å². The Morgan fingerprint density at radius 3 is 2.63 bits per heavy atom. The number of nitrogens with one attached hydrogen (secondary N) is 1. The molecule has 0 unspecified atom stereocenters. The van der Waals surface area contributed by atoms with E-state index < -0.39 is 5.97 Å². The van der Waals surface area contributed by atoms with E-state index in [4.69, 9.17) is 32.7 Å². The molecular formula is C27H27Cl2NO4S. The van der Waals surface area contributed by atoms with Crippen molar-refractivity contribution in [2.24, 2.45) is 0 Å².